The van der Waals surface area contributed by atoms with Gasteiger partial charge in [0.05, 0.1) is 17.6 Å². The number of amides is 1. The molecule has 0 spiro atoms. The van der Waals surface area contributed by atoms with Crippen molar-refractivity contribution in [2.75, 3.05) is 11.1 Å². The molecule has 0 aliphatic rings. The van der Waals surface area contributed by atoms with Crippen molar-refractivity contribution in [3.05, 3.63) is 35.3 Å². The van der Waals surface area contributed by atoms with E-state index in [-0.39, 0.29) is 5.91 Å². The molecule has 0 saturated carbocycles. The second-order valence-electron chi connectivity index (χ2n) is 4.38. The van der Waals surface area contributed by atoms with E-state index in [0.29, 0.717) is 23.7 Å². The fourth-order valence-electron chi connectivity index (χ4n) is 1.87. The highest BCUT2D eigenvalue weighted by Gasteiger charge is 2.14. The van der Waals surface area contributed by atoms with Gasteiger partial charge in [0, 0.05) is 6.54 Å². The number of aryl methyl sites for hydroxylation is 3. The SMILES string of the molecule is CCn1nc(C)cc1C(=O)Nc1ncc(N)cc1C. The first-order chi connectivity index (χ1) is 9.01. The van der Waals surface area contributed by atoms with Crippen molar-refractivity contribution in [3.8, 4) is 0 Å². The molecule has 1 amide bonds. The molecule has 3 N–H and O–H groups in total. The van der Waals surface area contributed by atoms with E-state index in [2.05, 4.69) is 15.4 Å². The molecule has 0 bridgehead atoms. The maximum atomic E-state index is 12.2. The van der Waals surface area contributed by atoms with Crippen LogP contribution < -0.4 is 11.1 Å². The summed E-state index contributed by atoms with van der Waals surface area (Å²) >= 11 is 0. The van der Waals surface area contributed by atoms with Gasteiger partial charge in [0.2, 0.25) is 0 Å². The van der Waals surface area contributed by atoms with Crippen LogP contribution in [0, 0.1) is 13.8 Å². The van der Waals surface area contributed by atoms with E-state index in [0.717, 1.165) is 11.3 Å². The molecule has 6 nitrogen and oxygen atoms in total. The Labute approximate surface area is 111 Å². The lowest BCUT2D eigenvalue weighted by molar-refractivity contribution is 0.101. The Morgan fingerprint density at radius 2 is 2.16 bits per heavy atom. The zero-order valence-electron chi connectivity index (χ0n) is 11.3. The molecule has 0 saturated heterocycles. The normalized spacial score (nSPS) is 10.5. The molecule has 0 unspecified atom stereocenters. The highest BCUT2D eigenvalue weighted by Crippen LogP contribution is 2.15. The molecule has 100 valence electrons. The highest BCUT2D eigenvalue weighted by molar-refractivity contribution is 6.03. The van der Waals surface area contributed by atoms with Crippen LogP contribution in [0.5, 0.6) is 0 Å². The summed E-state index contributed by atoms with van der Waals surface area (Å²) < 4.78 is 1.66. The van der Waals surface area contributed by atoms with Crippen molar-refractivity contribution in [2.45, 2.75) is 27.3 Å². The third-order valence-corrected chi connectivity index (χ3v) is 2.77. The summed E-state index contributed by atoms with van der Waals surface area (Å²) in [6, 6.07) is 3.52. The van der Waals surface area contributed by atoms with Crippen molar-refractivity contribution in [1.29, 1.82) is 0 Å². The third-order valence-electron chi connectivity index (χ3n) is 2.77. The van der Waals surface area contributed by atoms with E-state index in [1.54, 1.807) is 16.8 Å². The Morgan fingerprint density at radius 1 is 1.42 bits per heavy atom. The Morgan fingerprint density at radius 3 is 2.79 bits per heavy atom. The molecule has 19 heavy (non-hydrogen) atoms. The van der Waals surface area contributed by atoms with Crippen LogP contribution in [-0.4, -0.2) is 20.7 Å². The monoisotopic (exact) mass is 259 g/mol. The smallest absolute Gasteiger partial charge is 0.275 e. The van der Waals surface area contributed by atoms with Gasteiger partial charge in [-0.25, -0.2) is 4.98 Å². The standard InChI is InChI=1S/C13H17N5O/c1-4-18-11(6-9(3)17-18)13(19)16-12-8(2)5-10(14)7-15-12/h5-7H,4,14H2,1-3H3,(H,15,16,19). The van der Waals surface area contributed by atoms with Crippen LogP contribution in [0.2, 0.25) is 0 Å². The number of nitrogens with zero attached hydrogens (tertiary/aromatic N) is 3. The largest absolute Gasteiger partial charge is 0.397 e. The fourth-order valence-corrected chi connectivity index (χ4v) is 1.87. The molecular weight excluding hydrogens is 242 g/mol. The van der Waals surface area contributed by atoms with Gasteiger partial charge < -0.3 is 11.1 Å². The first kappa shape index (κ1) is 13.1. The van der Waals surface area contributed by atoms with Crippen LogP contribution in [0.4, 0.5) is 11.5 Å². The van der Waals surface area contributed by atoms with Gasteiger partial charge in [0.25, 0.3) is 5.91 Å². The van der Waals surface area contributed by atoms with E-state index in [9.17, 15) is 4.79 Å². The summed E-state index contributed by atoms with van der Waals surface area (Å²) in [6.07, 6.45) is 1.52. The van der Waals surface area contributed by atoms with Crippen LogP contribution in [0.15, 0.2) is 18.3 Å². The summed E-state index contributed by atoms with van der Waals surface area (Å²) in [5.74, 6) is 0.295. The molecule has 2 heterocycles. The molecular formula is C13H17N5O. The molecule has 2 aromatic rings. The lowest BCUT2D eigenvalue weighted by Gasteiger charge is -2.08. The topological polar surface area (TPSA) is 85.8 Å². The number of pyridine rings is 1. The maximum absolute atomic E-state index is 12.2. The molecule has 2 rings (SSSR count). The lowest BCUT2D eigenvalue weighted by Crippen LogP contribution is -2.18. The first-order valence-corrected chi connectivity index (χ1v) is 6.09. The van der Waals surface area contributed by atoms with Crippen molar-refractivity contribution in [1.82, 2.24) is 14.8 Å². The number of aromatic nitrogens is 3. The number of nitrogens with two attached hydrogens (primary N) is 1. The van der Waals surface area contributed by atoms with Gasteiger partial charge in [-0.2, -0.15) is 5.10 Å². The Hall–Kier alpha value is -2.37. The Balaban J connectivity index is 2.25. The van der Waals surface area contributed by atoms with Crippen LogP contribution in [0.3, 0.4) is 0 Å². The summed E-state index contributed by atoms with van der Waals surface area (Å²) in [7, 11) is 0. The number of hydrogen-bond acceptors (Lipinski definition) is 4. The second-order valence-corrected chi connectivity index (χ2v) is 4.38. The summed E-state index contributed by atoms with van der Waals surface area (Å²) in [6.45, 7) is 6.29. The maximum Gasteiger partial charge on any atom is 0.275 e. The predicted octanol–water partition coefficient (Wildman–Crippen LogP) is 1.75. The summed E-state index contributed by atoms with van der Waals surface area (Å²) in [5.41, 5.74) is 8.37. The Bertz CT molecular complexity index is 617. The number of hydrogen-bond donors (Lipinski definition) is 2. The molecule has 6 heteroatoms. The van der Waals surface area contributed by atoms with Crippen LogP contribution in [0.1, 0.15) is 28.7 Å². The number of nitrogen functional groups attached to an aromatic ring is 1. The minimum Gasteiger partial charge on any atom is -0.397 e. The van der Waals surface area contributed by atoms with Crippen molar-refractivity contribution >= 4 is 17.4 Å². The van der Waals surface area contributed by atoms with Gasteiger partial charge in [0.15, 0.2) is 0 Å². The average molecular weight is 259 g/mol. The van der Waals surface area contributed by atoms with Gasteiger partial charge in [-0.3, -0.25) is 9.48 Å². The van der Waals surface area contributed by atoms with Gasteiger partial charge in [-0.1, -0.05) is 0 Å². The summed E-state index contributed by atoms with van der Waals surface area (Å²) in [4.78, 5) is 16.3. The van der Waals surface area contributed by atoms with E-state index in [1.165, 1.54) is 6.20 Å². The van der Waals surface area contributed by atoms with Crippen LogP contribution in [0.25, 0.3) is 0 Å². The van der Waals surface area contributed by atoms with E-state index >= 15 is 0 Å². The Kier molecular flexibility index (Phi) is 3.50. The summed E-state index contributed by atoms with van der Waals surface area (Å²) in [5, 5.41) is 7.02. The molecule has 0 aliphatic carbocycles. The predicted molar refractivity (Wildman–Crippen MR) is 74.0 cm³/mol. The van der Waals surface area contributed by atoms with Crippen LogP contribution in [-0.2, 0) is 6.54 Å². The third kappa shape index (κ3) is 2.73. The molecule has 0 radical (unpaired) electrons. The van der Waals surface area contributed by atoms with E-state index in [4.69, 9.17) is 5.73 Å². The minimum absolute atomic E-state index is 0.220. The van der Waals surface area contributed by atoms with E-state index in [1.807, 2.05) is 20.8 Å². The van der Waals surface area contributed by atoms with Crippen molar-refractivity contribution in [3.63, 3.8) is 0 Å². The van der Waals surface area contributed by atoms with Crippen LogP contribution >= 0.6 is 0 Å². The number of carbonyl (C=O) groups is 1. The number of carbonyl (C=O) groups excluding carboxylic acids is 1. The molecule has 0 aromatic carbocycles. The fraction of sp³-hybridized carbons (Fsp3) is 0.308. The molecule has 0 aliphatic heterocycles. The van der Waals surface area contributed by atoms with Crippen molar-refractivity contribution in [2.24, 2.45) is 0 Å². The molecule has 2 aromatic heterocycles. The number of anilines is 2. The number of rotatable bonds is 3. The van der Waals surface area contributed by atoms with Gasteiger partial charge >= 0.3 is 0 Å². The zero-order valence-corrected chi connectivity index (χ0v) is 11.3. The highest BCUT2D eigenvalue weighted by atomic mass is 16.2. The first-order valence-electron chi connectivity index (χ1n) is 6.09. The lowest BCUT2D eigenvalue weighted by atomic mass is 10.2. The molecule has 0 atom stereocenters. The minimum atomic E-state index is -0.220. The van der Waals surface area contributed by atoms with Gasteiger partial charge in [-0.05, 0) is 38.5 Å². The van der Waals surface area contributed by atoms with E-state index < -0.39 is 0 Å². The van der Waals surface area contributed by atoms with Crippen molar-refractivity contribution < 1.29 is 4.79 Å². The quantitative estimate of drug-likeness (QED) is 0.879. The van der Waals surface area contributed by atoms with Gasteiger partial charge in [0.1, 0.15) is 11.5 Å². The molecule has 0 fully saturated rings. The zero-order chi connectivity index (χ0) is 14.0. The second kappa shape index (κ2) is 5.09. The van der Waals surface area contributed by atoms with Gasteiger partial charge in [-0.15, -0.1) is 0 Å². The number of nitrogens with one attached hydrogen (secondary N) is 1. The average Bonchev–Trinajstić information content (AvgIpc) is 2.74.